The van der Waals surface area contributed by atoms with Gasteiger partial charge in [-0.15, -0.1) is 0 Å². The Morgan fingerprint density at radius 1 is 1.22 bits per heavy atom. The Kier molecular flexibility index (Phi) is 4.10. The first kappa shape index (κ1) is 15.9. The number of amides is 1. The maximum absolute atomic E-state index is 12.8. The fourth-order valence-corrected chi connectivity index (χ4v) is 3.57. The first-order valence-electron chi connectivity index (χ1n) is 7.56. The number of carboxylic acids is 1. The molecule has 0 unspecified atom stereocenters. The van der Waals surface area contributed by atoms with Crippen LogP contribution in [0.5, 0.6) is 11.5 Å². The summed E-state index contributed by atoms with van der Waals surface area (Å²) in [6.07, 6.45) is 3.51. The number of likely N-dealkylation sites (N-methyl/N-ethyl adjacent to an activating group) is 1. The zero-order valence-corrected chi connectivity index (χ0v) is 13.6. The molecule has 0 saturated heterocycles. The first-order chi connectivity index (χ1) is 11.0. The zero-order valence-electron chi connectivity index (χ0n) is 12.8. The van der Waals surface area contributed by atoms with Crippen molar-refractivity contribution in [3.63, 3.8) is 0 Å². The van der Waals surface area contributed by atoms with Crippen LogP contribution in [0.2, 0.25) is 5.02 Å². The van der Waals surface area contributed by atoms with Gasteiger partial charge in [-0.2, -0.15) is 0 Å². The second-order valence-corrected chi connectivity index (χ2v) is 6.36. The predicted octanol–water partition coefficient (Wildman–Crippen LogP) is 2.93. The van der Waals surface area contributed by atoms with E-state index >= 15 is 0 Å². The zero-order chi connectivity index (χ0) is 16.6. The highest BCUT2D eigenvalue weighted by atomic mass is 35.5. The van der Waals surface area contributed by atoms with Crippen LogP contribution >= 0.6 is 11.6 Å². The number of benzene rings is 1. The van der Waals surface area contributed by atoms with E-state index in [1.54, 1.807) is 13.1 Å². The van der Waals surface area contributed by atoms with Gasteiger partial charge in [0.25, 0.3) is 5.91 Å². The van der Waals surface area contributed by atoms with E-state index in [2.05, 4.69) is 0 Å². The van der Waals surface area contributed by atoms with Gasteiger partial charge in [0, 0.05) is 12.6 Å². The molecule has 1 heterocycles. The third-order valence-corrected chi connectivity index (χ3v) is 4.98. The van der Waals surface area contributed by atoms with Gasteiger partial charge in [-0.25, -0.2) is 4.79 Å². The average Bonchev–Trinajstić information content (AvgIpc) is 3.03. The van der Waals surface area contributed by atoms with E-state index in [9.17, 15) is 14.7 Å². The number of nitrogens with zero attached hydrogens (tertiary/aromatic N) is 1. The first-order valence-corrected chi connectivity index (χ1v) is 7.94. The monoisotopic (exact) mass is 339 g/mol. The summed E-state index contributed by atoms with van der Waals surface area (Å²) in [7, 11) is 1.54. The van der Waals surface area contributed by atoms with Crippen LogP contribution in [-0.2, 0) is 4.79 Å². The molecule has 0 radical (unpaired) electrons. The summed E-state index contributed by atoms with van der Waals surface area (Å²) in [6.45, 7) is 0.0571. The number of fused-ring (bicyclic) bond motifs is 1. The van der Waals surface area contributed by atoms with Crippen molar-refractivity contribution < 1.29 is 24.2 Å². The number of rotatable bonds is 3. The lowest BCUT2D eigenvalue weighted by Crippen LogP contribution is -2.56. The minimum absolute atomic E-state index is 0.0571. The van der Waals surface area contributed by atoms with Crippen LogP contribution in [0.1, 0.15) is 42.5 Å². The summed E-state index contributed by atoms with van der Waals surface area (Å²) in [5, 5.41) is 9.98. The van der Waals surface area contributed by atoms with Gasteiger partial charge in [0.15, 0.2) is 11.5 Å². The summed E-state index contributed by atoms with van der Waals surface area (Å²) in [4.78, 5) is 26.0. The Labute approximate surface area is 138 Å². The number of hydrogen-bond donors (Lipinski definition) is 1. The van der Waals surface area contributed by atoms with E-state index in [0.29, 0.717) is 29.9 Å². The predicted molar refractivity (Wildman–Crippen MR) is 83.1 cm³/mol. The van der Waals surface area contributed by atoms with Gasteiger partial charge >= 0.3 is 5.97 Å². The normalized spacial score (nSPS) is 18.5. The van der Waals surface area contributed by atoms with Gasteiger partial charge in [-0.1, -0.05) is 30.9 Å². The molecule has 3 rings (SSSR count). The second-order valence-electron chi connectivity index (χ2n) is 5.95. The fraction of sp³-hybridized carbons (Fsp3) is 0.500. The highest BCUT2D eigenvalue weighted by molar-refractivity contribution is 6.32. The summed E-state index contributed by atoms with van der Waals surface area (Å²) < 4.78 is 10.5. The number of carboxylic acid groups (broad SMARTS) is 1. The SMILES string of the molecule is CN(C(=O)c1cc(Cl)c2c(c1)OCO2)C1(C(=O)O)CCCCC1. The molecule has 1 aliphatic heterocycles. The molecular weight excluding hydrogens is 322 g/mol. The van der Waals surface area contributed by atoms with Crippen LogP contribution in [0, 0.1) is 0 Å². The van der Waals surface area contributed by atoms with E-state index in [1.807, 2.05) is 0 Å². The molecule has 2 aliphatic rings. The van der Waals surface area contributed by atoms with Crippen LogP contribution in [0.3, 0.4) is 0 Å². The molecule has 23 heavy (non-hydrogen) atoms. The molecule has 7 heteroatoms. The molecule has 1 N–H and O–H groups in total. The maximum Gasteiger partial charge on any atom is 0.329 e. The third-order valence-electron chi connectivity index (χ3n) is 4.70. The summed E-state index contributed by atoms with van der Waals surface area (Å²) in [5.74, 6) is -0.520. The molecule has 1 fully saturated rings. The number of aliphatic carboxylic acids is 1. The van der Waals surface area contributed by atoms with Crippen molar-refractivity contribution in [3.8, 4) is 11.5 Å². The van der Waals surface area contributed by atoms with Gasteiger partial charge in [0.1, 0.15) is 5.54 Å². The van der Waals surface area contributed by atoms with Crippen molar-refractivity contribution in [3.05, 3.63) is 22.7 Å². The van der Waals surface area contributed by atoms with Gasteiger partial charge in [-0.05, 0) is 25.0 Å². The molecule has 1 aromatic rings. The molecular formula is C16H18ClNO5. The number of halogens is 1. The van der Waals surface area contributed by atoms with Crippen LogP contribution < -0.4 is 9.47 Å². The minimum atomic E-state index is -1.15. The minimum Gasteiger partial charge on any atom is -0.479 e. The fourth-order valence-electron chi connectivity index (χ4n) is 3.31. The second kappa shape index (κ2) is 5.92. The van der Waals surface area contributed by atoms with E-state index < -0.39 is 11.5 Å². The van der Waals surface area contributed by atoms with Crippen LogP contribution in [0.15, 0.2) is 12.1 Å². The Morgan fingerprint density at radius 3 is 2.57 bits per heavy atom. The molecule has 124 valence electrons. The number of hydrogen-bond acceptors (Lipinski definition) is 4. The Hall–Kier alpha value is -1.95. The molecule has 0 aromatic heterocycles. The molecule has 0 bridgehead atoms. The highest BCUT2D eigenvalue weighted by Gasteiger charge is 2.45. The largest absolute Gasteiger partial charge is 0.479 e. The lowest BCUT2D eigenvalue weighted by molar-refractivity contribution is -0.151. The average molecular weight is 340 g/mol. The molecule has 1 aromatic carbocycles. The van der Waals surface area contributed by atoms with Gasteiger partial charge < -0.3 is 19.5 Å². The van der Waals surface area contributed by atoms with E-state index in [4.69, 9.17) is 21.1 Å². The standard InChI is InChI=1S/C16H18ClNO5/c1-18(16(15(20)21)5-3-2-4-6-16)14(19)10-7-11(17)13-12(8-10)22-9-23-13/h7-8H,2-6,9H2,1H3,(H,20,21). The lowest BCUT2D eigenvalue weighted by Gasteiger charge is -2.41. The molecule has 1 aliphatic carbocycles. The van der Waals surface area contributed by atoms with Crippen molar-refractivity contribution in [1.82, 2.24) is 4.90 Å². The van der Waals surface area contributed by atoms with Gasteiger partial charge in [0.2, 0.25) is 6.79 Å². The van der Waals surface area contributed by atoms with Crippen molar-refractivity contribution in [2.75, 3.05) is 13.8 Å². The van der Waals surface area contributed by atoms with E-state index in [1.165, 1.54) is 11.0 Å². The Morgan fingerprint density at radius 2 is 1.91 bits per heavy atom. The van der Waals surface area contributed by atoms with Crippen LogP contribution in [0.25, 0.3) is 0 Å². The third kappa shape index (κ3) is 2.61. The lowest BCUT2D eigenvalue weighted by atomic mass is 9.80. The van der Waals surface area contributed by atoms with Crippen LogP contribution in [0.4, 0.5) is 0 Å². The van der Waals surface area contributed by atoms with Crippen LogP contribution in [-0.4, -0.2) is 41.3 Å². The van der Waals surface area contributed by atoms with E-state index in [-0.39, 0.29) is 17.7 Å². The summed E-state index contributed by atoms with van der Waals surface area (Å²) in [6, 6.07) is 3.04. The Bertz CT molecular complexity index is 654. The number of ether oxygens (including phenoxy) is 2. The quantitative estimate of drug-likeness (QED) is 0.916. The molecule has 1 saturated carbocycles. The summed E-state index contributed by atoms with van der Waals surface area (Å²) >= 11 is 6.11. The molecule has 1 amide bonds. The van der Waals surface area contributed by atoms with Crippen molar-refractivity contribution in [2.45, 2.75) is 37.6 Å². The smallest absolute Gasteiger partial charge is 0.329 e. The molecule has 0 spiro atoms. The highest BCUT2D eigenvalue weighted by Crippen LogP contribution is 2.41. The topological polar surface area (TPSA) is 76.1 Å². The van der Waals surface area contributed by atoms with Gasteiger partial charge in [0.05, 0.1) is 5.02 Å². The molecule has 0 atom stereocenters. The number of carbonyl (C=O) groups excluding carboxylic acids is 1. The number of carbonyl (C=O) groups is 2. The maximum atomic E-state index is 12.8. The molecule has 6 nitrogen and oxygen atoms in total. The Balaban J connectivity index is 1.93. The van der Waals surface area contributed by atoms with Crippen molar-refractivity contribution in [1.29, 1.82) is 0 Å². The van der Waals surface area contributed by atoms with E-state index in [0.717, 1.165) is 19.3 Å². The van der Waals surface area contributed by atoms with Crippen molar-refractivity contribution in [2.24, 2.45) is 0 Å². The van der Waals surface area contributed by atoms with Gasteiger partial charge in [-0.3, -0.25) is 4.79 Å². The van der Waals surface area contributed by atoms with Crippen molar-refractivity contribution >= 4 is 23.5 Å². The summed E-state index contributed by atoms with van der Waals surface area (Å²) in [5.41, 5.74) is -0.856.